The van der Waals surface area contributed by atoms with Crippen molar-refractivity contribution in [1.82, 2.24) is 19.5 Å². The molecule has 1 amide bonds. The monoisotopic (exact) mass is 946 g/mol. The van der Waals surface area contributed by atoms with E-state index in [0.717, 1.165) is 16.7 Å². The number of amides is 1. The second-order valence-electron chi connectivity index (χ2n) is 16.7. The highest BCUT2D eigenvalue weighted by molar-refractivity contribution is 6.03. The lowest BCUT2D eigenvalue weighted by Crippen LogP contribution is -2.38. The average Bonchev–Trinajstić information content (AvgIpc) is 3.97. The number of rotatable bonds is 16. The molecule has 360 valence electrons. The predicted octanol–water partition coefficient (Wildman–Crippen LogP) is 8.09. The van der Waals surface area contributed by atoms with Gasteiger partial charge in [-0.1, -0.05) is 103 Å². The fourth-order valence-corrected chi connectivity index (χ4v) is 9.35. The molecule has 16 nitrogen and oxygen atoms in total. The minimum Gasteiger partial charge on any atom is -0.508 e. The molecule has 1 saturated heterocycles. The molecule has 3 N–H and O–H groups in total. The molecule has 2 aliphatic heterocycles. The van der Waals surface area contributed by atoms with E-state index >= 15 is 0 Å². The topological polar surface area (TPSA) is 181 Å². The summed E-state index contributed by atoms with van der Waals surface area (Å²) in [7, 11) is 6.02. The fraction of sp³-hybridized carbons (Fsp3) is 0.259. The van der Waals surface area contributed by atoms with E-state index in [-0.39, 0.29) is 32.3 Å². The van der Waals surface area contributed by atoms with Crippen LogP contribution in [0.25, 0.3) is 11.2 Å². The molecule has 0 radical (unpaired) electrons. The fourth-order valence-electron chi connectivity index (χ4n) is 9.35. The first-order valence-electron chi connectivity index (χ1n) is 22.7. The summed E-state index contributed by atoms with van der Waals surface area (Å²) in [5.74, 6) is 0.835. The van der Waals surface area contributed by atoms with Gasteiger partial charge in [-0.15, -0.1) is 0 Å². The third kappa shape index (κ3) is 9.24. The molecule has 70 heavy (non-hydrogen) atoms. The molecule has 5 aromatic carbocycles. The number of hydrogen-bond acceptors (Lipinski definition) is 14. The molecule has 2 bridgehead atoms. The van der Waals surface area contributed by atoms with Crippen molar-refractivity contribution in [3.05, 3.63) is 180 Å². The number of aliphatic hydroxyl groups is 1. The number of anilines is 2. The summed E-state index contributed by atoms with van der Waals surface area (Å²) >= 11 is 0. The second kappa shape index (κ2) is 21.3. The summed E-state index contributed by atoms with van der Waals surface area (Å²) in [5.41, 5.74) is 4.44. The van der Waals surface area contributed by atoms with Crippen LogP contribution in [0.1, 0.15) is 40.5 Å². The molecule has 0 spiro atoms. The van der Waals surface area contributed by atoms with Crippen LogP contribution in [0.5, 0.6) is 28.7 Å². The van der Waals surface area contributed by atoms with Gasteiger partial charge in [0.25, 0.3) is 5.91 Å². The van der Waals surface area contributed by atoms with E-state index in [1.165, 1.54) is 57.9 Å². The minimum atomic E-state index is -1.08. The normalized spacial score (nSPS) is 19.0. The summed E-state index contributed by atoms with van der Waals surface area (Å²) in [6, 6.07) is 36.9. The predicted molar refractivity (Wildman–Crippen MR) is 262 cm³/mol. The maximum atomic E-state index is 14.9. The number of nitrogens with zero attached hydrogens (tertiary/aromatic N) is 5. The SMILES string of the molecule is COCOc1cc2c(OCOC)c(c1OC)C/C=C/C[C@H]1[C@@H](O)[C@H](n3cnc4c(NC(c5ccccc5)(c5ccccc5)c5ccccc5)ncnc43)O[C@@H]1/C=C/C(=O)N2Cc1ccc(O)cc1OC. The number of phenolic OH excluding ortho intramolecular Hbond substituents is 1. The lowest BCUT2D eigenvalue weighted by Gasteiger charge is -2.37. The van der Waals surface area contributed by atoms with Crippen molar-refractivity contribution < 1.29 is 48.2 Å². The standard InChI is InChI=1S/C54H54N6O10/c1-64-33-68-45-29-42-49(69-34-65-2)41(50(45)67-4)23-15-14-22-40-43(26-27-46(62)59(42)30-35-24-25-39(61)28-44(35)66-3)70-53(48(40)63)60-32-57-47-51(55-31-56-52(47)60)58-54(36-16-8-5-9-17-36,37-18-10-6-11-19-37)38-20-12-7-13-21-38/h5-21,24-29,31-32,40,43,48,53,61,63H,22-23,30,33-34H2,1-4H3,(H,55,56,58)/b15-14+,27-26+/t40-,43-,48-,53-/m1/s1. The Morgan fingerprint density at radius 1 is 0.771 bits per heavy atom. The number of benzene rings is 5. The smallest absolute Gasteiger partial charge is 0.251 e. The molecule has 0 unspecified atom stereocenters. The van der Waals surface area contributed by atoms with Crippen LogP contribution in [0.3, 0.4) is 0 Å². The molecule has 1 fully saturated rings. The second-order valence-corrected chi connectivity index (χ2v) is 16.7. The summed E-state index contributed by atoms with van der Waals surface area (Å²) in [6.07, 6.45) is 7.93. The first kappa shape index (κ1) is 47.3. The number of fused-ring (bicyclic) bond motifs is 4. The van der Waals surface area contributed by atoms with Crippen molar-refractivity contribution in [2.24, 2.45) is 5.92 Å². The van der Waals surface area contributed by atoms with Crippen LogP contribution in [0.2, 0.25) is 0 Å². The van der Waals surface area contributed by atoms with Gasteiger partial charge in [-0.25, -0.2) is 15.0 Å². The van der Waals surface area contributed by atoms with Gasteiger partial charge in [0, 0.05) is 49.5 Å². The van der Waals surface area contributed by atoms with Gasteiger partial charge in [0.2, 0.25) is 0 Å². The van der Waals surface area contributed by atoms with Gasteiger partial charge in [-0.3, -0.25) is 9.36 Å². The number of ether oxygens (including phenoxy) is 7. The molecule has 9 rings (SSSR count). The maximum Gasteiger partial charge on any atom is 0.251 e. The Labute approximate surface area is 405 Å². The molecular weight excluding hydrogens is 893 g/mol. The van der Waals surface area contributed by atoms with Crippen molar-refractivity contribution in [3.63, 3.8) is 0 Å². The molecule has 16 heteroatoms. The number of aliphatic hydroxyl groups excluding tert-OH is 1. The van der Waals surface area contributed by atoms with Crippen LogP contribution in [0.4, 0.5) is 11.5 Å². The van der Waals surface area contributed by atoms with Gasteiger partial charge in [0.1, 0.15) is 29.5 Å². The number of imidazole rings is 1. The summed E-state index contributed by atoms with van der Waals surface area (Å²) < 4.78 is 43.0. The summed E-state index contributed by atoms with van der Waals surface area (Å²) in [6.45, 7) is -0.274. The van der Waals surface area contributed by atoms with Gasteiger partial charge in [-0.2, -0.15) is 0 Å². The Kier molecular flexibility index (Phi) is 14.4. The number of carbonyl (C=O) groups is 1. The van der Waals surface area contributed by atoms with Crippen molar-refractivity contribution in [2.45, 2.75) is 43.4 Å². The largest absolute Gasteiger partial charge is 0.508 e. The zero-order valence-corrected chi connectivity index (χ0v) is 39.2. The van der Waals surface area contributed by atoms with E-state index in [1.807, 2.05) is 66.7 Å². The number of carbonyl (C=O) groups excluding carboxylic acids is 1. The average molecular weight is 947 g/mol. The first-order valence-corrected chi connectivity index (χ1v) is 22.7. The Balaban J connectivity index is 1.11. The number of aromatic nitrogens is 4. The number of nitrogens with one attached hydrogen (secondary N) is 1. The minimum absolute atomic E-state index is 0.00326. The molecule has 4 heterocycles. The third-order valence-corrected chi connectivity index (χ3v) is 12.6. The highest BCUT2D eigenvalue weighted by atomic mass is 16.7. The molecule has 2 aromatic heterocycles. The van der Waals surface area contributed by atoms with Crippen LogP contribution >= 0.6 is 0 Å². The third-order valence-electron chi connectivity index (χ3n) is 12.6. The van der Waals surface area contributed by atoms with E-state index < -0.39 is 35.8 Å². The first-order chi connectivity index (χ1) is 34.3. The summed E-state index contributed by atoms with van der Waals surface area (Å²) in [5, 5.41) is 26.5. The van der Waals surface area contributed by atoms with Gasteiger partial charge in [0.05, 0.1) is 38.9 Å². The van der Waals surface area contributed by atoms with Gasteiger partial charge >= 0.3 is 0 Å². The van der Waals surface area contributed by atoms with E-state index in [1.54, 1.807) is 29.1 Å². The van der Waals surface area contributed by atoms with Crippen LogP contribution < -0.4 is 29.2 Å². The summed E-state index contributed by atoms with van der Waals surface area (Å²) in [4.78, 5) is 30.8. The molecule has 7 aromatic rings. The van der Waals surface area contributed by atoms with Crippen LogP contribution in [-0.2, 0) is 37.5 Å². The molecule has 0 saturated carbocycles. The van der Waals surface area contributed by atoms with E-state index in [4.69, 9.17) is 48.1 Å². The lowest BCUT2D eigenvalue weighted by molar-refractivity contribution is -0.114. The van der Waals surface area contributed by atoms with E-state index in [9.17, 15) is 15.0 Å². The van der Waals surface area contributed by atoms with Crippen molar-refractivity contribution >= 4 is 28.6 Å². The molecule has 4 atom stereocenters. The van der Waals surface area contributed by atoms with Crippen LogP contribution in [0.15, 0.2) is 152 Å². The van der Waals surface area contributed by atoms with E-state index in [0.29, 0.717) is 63.2 Å². The van der Waals surface area contributed by atoms with Crippen LogP contribution in [-0.4, -0.2) is 89.9 Å². The Hall–Kier alpha value is -7.76. The quantitative estimate of drug-likeness (QED) is 0.0481. The zero-order valence-electron chi connectivity index (χ0n) is 39.2. The van der Waals surface area contributed by atoms with Crippen molar-refractivity contribution in [1.29, 1.82) is 0 Å². The molecule has 2 aliphatic rings. The van der Waals surface area contributed by atoms with Gasteiger partial charge < -0.3 is 53.6 Å². The number of allylic oxidation sites excluding steroid dienone is 2. The number of phenols is 1. The van der Waals surface area contributed by atoms with Crippen molar-refractivity contribution in [3.8, 4) is 28.7 Å². The number of hydrogen-bond donors (Lipinski definition) is 3. The Morgan fingerprint density at radius 2 is 1.44 bits per heavy atom. The highest BCUT2D eigenvalue weighted by Crippen LogP contribution is 2.48. The van der Waals surface area contributed by atoms with Gasteiger partial charge in [-0.05, 0) is 47.7 Å². The maximum absolute atomic E-state index is 14.9. The molecule has 0 aliphatic carbocycles. The number of methoxy groups -OCH3 is 4. The van der Waals surface area contributed by atoms with Crippen LogP contribution in [0, 0.1) is 5.92 Å². The highest BCUT2D eigenvalue weighted by Gasteiger charge is 2.44. The van der Waals surface area contributed by atoms with E-state index in [2.05, 4.69) is 41.7 Å². The molecular formula is C54H54N6O10. The lowest BCUT2D eigenvalue weighted by atomic mass is 9.77. The zero-order chi connectivity index (χ0) is 48.6. The van der Waals surface area contributed by atoms with Gasteiger partial charge in [0.15, 0.2) is 54.0 Å². The number of aromatic hydroxyl groups is 1. The Bertz CT molecular complexity index is 2870. The Morgan fingerprint density at radius 3 is 2.09 bits per heavy atom. The van der Waals surface area contributed by atoms with Crippen molar-refractivity contribution in [2.75, 3.05) is 52.2 Å².